The standard InChI is InChI=1S/C14H14FNO6/c1-3-21-14(18)12-10(8-4-6-9(15)7-5-8)11(13(17)20-2)16(19)22-12/h4-7,10,12H,3H2,1-2H3/t10-,12-/m0/s1. The molecule has 0 amide bonds. The minimum Gasteiger partial charge on any atom is -0.465 e. The smallest absolute Gasteiger partial charge is 0.405 e. The van der Waals surface area contributed by atoms with Gasteiger partial charge in [-0.25, -0.2) is 9.18 Å². The Hall–Kier alpha value is -2.64. The Morgan fingerprint density at radius 3 is 2.55 bits per heavy atom. The second-order valence-corrected chi connectivity index (χ2v) is 4.44. The summed E-state index contributed by atoms with van der Waals surface area (Å²) < 4.78 is 22.4. The van der Waals surface area contributed by atoms with Crippen molar-refractivity contribution in [3.8, 4) is 0 Å². The molecule has 1 aromatic carbocycles. The summed E-state index contributed by atoms with van der Waals surface area (Å²) in [7, 11) is 1.10. The van der Waals surface area contributed by atoms with Gasteiger partial charge >= 0.3 is 17.7 Å². The largest absolute Gasteiger partial charge is 0.465 e. The molecular formula is C14H14FNO6. The van der Waals surface area contributed by atoms with Gasteiger partial charge in [0.15, 0.2) is 6.10 Å². The van der Waals surface area contributed by atoms with Crippen LogP contribution in [-0.2, 0) is 23.9 Å². The third kappa shape index (κ3) is 2.85. The first-order valence-corrected chi connectivity index (χ1v) is 6.50. The van der Waals surface area contributed by atoms with Crippen LogP contribution in [0.2, 0.25) is 0 Å². The fraction of sp³-hybridized carbons (Fsp3) is 0.357. The van der Waals surface area contributed by atoms with E-state index in [2.05, 4.69) is 4.74 Å². The van der Waals surface area contributed by atoms with Crippen LogP contribution in [0.5, 0.6) is 0 Å². The van der Waals surface area contributed by atoms with E-state index in [0.717, 1.165) is 19.2 Å². The van der Waals surface area contributed by atoms with Crippen LogP contribution in [0, 0.1) is 11.0 Å². The molecule has 1 aliphatic rings. The Kier molecular flexibility index (Phi) is 4.59. The van der Waals surface area contributed by atoms with Crippen LogP contribution >= 0.6 is 0 Å². The van der Waals surface area contributed by atoms with Gasteiger partial charge in [-0.3, -0.25) is 10.0 Å². The Bertz CT molecular complexity index is 612. The number of nitrogens with zero attached hydrogens (tertiary/aromatic N) is 1. The maximum absolute atomic E-state index is 13.1. The molecule has 22 heavy (non-hydrogen) atoms. The number of hydrogen-bond donors (Lipinski definition) is 0. The third-order valence-electron chi connectivity index (χ3n) is 3.15. The third-order valence-corrected chi connectivity index (χ3v) is 3.15. The minimum atomic E-state index is -1.34. The molecule has 1 heterocycles. The van der Waals surface area contributed by atoms with Gasteiger partial charge in [0.25, 0.3) is 0 Å². The van der Waals surface area contributed by atoms with Crippen molar-refractivity contribution < 1.29 is 33.2 Å². The topological polar surface area (TPSA) is 87.9 Å². The van der Waals surface area contributed by atoms with E-state index in [-0.39, 0.29) is 11.5 Å². The van der Waals surface area contributed by atoms with Gasteiger partial charge < -0.3 is 14.3 Å². The van der Waals surface area contributed by atoms with Crippen molar-refractivity contribution in [2.24, 2.45) is 0 Å². The molecule has 1 aliphatic heterocycles. The van der Waals surface area contributed by atoms with Crippen LogP contribution in [0.15, 0.2) is 24.3 Å². The average molecular weight is 311 g/mol. The van der Waals surface area contributed by atoms with Crippen molar-refractivity contribution in [3.05, 3.63) is 40.9 Å². The van der Waals surface area contributed by atoms with E-state index in [0.29, 0.717) is 5.56 Å². The van der Waals surface area contributed by atoms with Gasteiger partial charge in [0.05, 0.1) is 18.6 Å². The molecule has 2 rings (SSSR count). The van der Waals surface area contributed by atoms with Gasteiger partial charge in [-0.1, -0.05) is 12.1 Å². The summed E-state index contributed by atoms with van der Waals surface area (Å²) in [6, 6.07) is 5.02. The Morgan fingerprint density at radius 1 is 1.36 bits per heavy atom. The maximum Gasteiger partial charge on any atom is 0.405 e. The molecule has 0 bridgehead atoms. The lowest BCUT2D eigenvalue weighted by molar-refractivity contribution is -0.736. The van der Waals surface area contributed by atoms with E-state index in [1.165, 1.54) is 12.1 Å². The summed E-state index contributed by atoms with van der Waals surface area (Å²) in [5.74, 6) is -3.26. The summed E-state index contributed by atoms with van der Waals surface area (Å²) in [5.41, 5.74) is -0.0367. The molecule has 0 saturated heterocycles. The van der Waals surface area contributed by atoms with Crippen molar-refractivity contribution >= 4 is 17.7 Å². The number of carbonyl (C=O) groups is 2. The maximum atomic E-state index is 13.1. The lowest BCUT2D eigenvalue weighted by Crippen LogP contribution is -2.34. The highest BCUT2D eigenvalue weighted by atomic mass is 19.1. The van der Waals surface area contributed by atoms with Gasteiger partial charge in [0.2, 0.25) is 0 Å². The fourth-order valence-electron chi connectivity index (χ4n) is 2.19. The van der Waals surface area contributed by atoms with Gasteiger partial charge in [0, 0.05) is 0 Å². The summed E-state index contributed by atoms with van der Waals surface area (Å²) >= 11 is 0. The van der Waals surface area contributed by atoms with Gasteiger partial charge in [-0.05, 0) is 24.6 Å². The van der Waals surface area contributed by atoms with E-state index in [1.807, 2.05) is 0 Å². The normalized spacial score (nSPS) is 20.5. The monoisotopic (exact) mass is 311 g/mol. The van der Waals surface area contributed by atoms with Crippen LogP contribution in [0.4, 0.5) is 4.39 Å². The zero-order valence-corrected chi connectivity index (χ0v) is 11.9. The van der Waals surface area contributed by atoms with Gasteiger partial charge in [-0.2, -0.15) is 0 Å². The van der Waals surface area contributed by atoms with Crippen LogP contribution in [0.3, 0.4) is 0 Å². The van der Waals surface area contributed by atoms with Crippen molar-refractivity contribution in [2.45, 2.75) is 18.9 Å². The average Bonchev–Trinajstić information content (AvgIpc) is 2.85. The molecule has 0 aromatic heterocycles. The molecule has 0 N–H and O–H groups in total. The van der Waals surface area contributed by atoms with E-state index in [1.54, 1.807) is 6.92 Å². The number of hydrogen-bond acceptors (Lipinski definition) is 6. The SMILES string of the molecule is CCOC(=O)[C@H]1O[N+]([O-])=C(C(=O)OC)[C@@H]1c1ccc(F)cc1. The molecule has 0 spiro atoms. The Morgan fingerprint density at radius 2 is 2.00 bits per heavy atom. The molecule has 0 unspecified atom stereocenters. The van der Waals surface area contributed by atoms with Crippen molar-refractivity contribution in [1.82, 2.24) is 0 Å². The highest BCUT2D eigenvalue weighted by molar-refractivity contribution is 6.37. The van der Waals surface area contributed by atoms with E-state index >= 15 is 0 Å². The van der Waals surface area contributed by atoms with E-state index in [9.17, 15) is 19.2 Å². The highest BCUT2D eigenvalue weighted by Crippen LogP contribution is 2.30. The van der Waals surface area contributed by atoms with Crippen LogP contribution in [-0.4, -0.2) is 42.4 Å². The molecule has 0 aliphatic carbocycles. The molecule has 0 radical (unpaired) electrons. The first-order chi connectivity index (χ1) is 10.5. The van der Waals surface area contributed by atoms with E-state index < -0.39 is 35.5 Å². The second-order valence-electron chi connectivity index (χ2n) is 4.44. The lowest BCUT2D eigenvalue weighted by Gasteiger charge is -2.17. The summed E-state index contributed by atoms with van der Waals surface area (Å²) in [4.78, 5) is 28.6. The predicted molar refractivity (Wildman–Crippen MR) is 71.3 cm³/mol. The zero-order valence-electron chi connectivity index (χ0n) is 11.9. The zero-order chi connectivity index (χ0) is 16.3. The number of carbonyl (C=O) groups excluding carboxylic acids is 2. The van der Waals surface area contributed by atoms with Gasteiger partial charge in [0.1, 0.15) is 11.7 Å². The number of esters is 2. The molecule has 1 aromatic rings. The number of rotatable bonds is 4. The molecule has 118 valence electrons. The van der Waals surface area contributed by atoms with Gasteiger partial charge in [-0.15, -0.1) is 0 Å². The number of benzene rings is 1. The Balaban J connectivity index is 2.45. The number of halogens is 1. The number of ether oxygens (including phenoxy) is 2. The van der Waals surface area contributed by atoms with Crippen LogP contribution < -0.4 is 0 Å². The first kappa shape index (κ1) is 15.7. The van der Waals surface area contributed by atoms with Crippen molar-refractivity contribution in [3.63, 3.8) is 0 Å². The molecular weight excluding hydrogens is 297 g/mol. The van der Waals surface area contributed by atoms with Crippen LogP contribution in [0.1, 0.15) is 18.4 Å². The highest BCUT2D eigenvalue weighted by Gasteiger charge is 2.50. The molecule has 2 atom stereocenters. The summed E-state index contributed by atoms with van der Waals surface area (Å²) in [6.45, 7) is 1.68. The fourth-order valence-corrected chi connectivity index (χ4v) is 2.19. The predicted octanol–water partition coefficient (Wildman–Crippen LogP) is 0.910. The van der Waals surface area contributed by atoms with Crippen molar-refractivity contribution in [1.29, 1.82) is 0 Å². The molecule has 0 saturated carbocycles. The Labute approximate surface area is 125 Å². The molecule has 0 fully saturated rings. The first-order valence-electron chi connectivity index (χ1n) is 6.50. The van der Waals surface area contributed by atoms with Crippen molar-refractivity contribution in [2.75, 3.05) is 13.7 Å². The van der Waals surface area contributed by atoms with E-state index in [4.69, 9.17) is 9.57 Å². The lowest BCUT2D eigenvalue weighted by atomic mass is 9.89. The molecule has 8 heteroatoms. The summed E-state index contributed by atoms with van der Waals surface area (Å²) in [6.07, 6.45) is -1.34. The minimum absolute atomic E-state index is 0.0541. The summed E-state index contributed by atoms with van der Waals surface area (Å²) in [5, 5.41) is 11.8. The number of methoxy groups -OCH3 is 1. The second kappa shape index (κ2) is 6.42. The quantitative estimate of drug-likeness (QED) is 0.606. The van der Waals surface area contributed by atoms with Crippen LogP contribution in [0.25, 0.3) is 0 Å². The molecule has 7 nitrogen and oxygen atoms in total.